The summed E-state index contributed by atoms with van der Waals surface area (Å²) in [5.41, 5.74) is 1.71. The Labute approximate surface area is 157 Å². The number of esters is 1. The van der Waals surface area contributed by atoms with Crippen LogP contribution in [0, 0.1) is 0 Å². The second-order valence-corrected chi connectivity index (χ2v) is 6.31. The van der Waals surface area contributed by atoms with E-state index in [1.807, 2.05) is 54.6 Å². The lowest BCUT2D eigenvalue weighted by molar-refractivity contribution is -0.142. The molecule has 0 N–H and O–H groups in total. The van der Waals surface area contributed by atoms with Crippen molar-refractivity contribution in [1.82, 2.24) is 0 Å². The first-order valence-electron chi connectivity index (χ1n) is 8.28. The Morgan fingerprint density at radius 1 is 1.04 bits per heavy atom. The van der Waals surface area contributed by atoms with Gasteiger partial charge in [-0.05, 0) is 53.6 Å². The molecule has 3 aromatic carbocycles. The Morgan fingerprint density at radius 3 is 2.54 bits per heavy atom. The van der Waals surface area contributed by atoms with Crippen LogP contribution in [-0.4, -0.2) is 13.1 Å². The Morgan fingerprint density at radius 2 is 1.77 bits per heavy atom. The maximum Gasteiger partial charge on any atom is 0.331 e. The van der Waals surface area contributed by atoms with Gasteiger partial charge >= 0.3 is 5.97 Å². The summed E-state index contributed by atoms with van der Waals surface area (Å²) in [6.07, 6.45) is 2.76. The van der Waals surface area contributed by atoms with Crippen LogP contribution < -0.4 is 4.74 Å². The van der Waals surface area contributed by atoms with E-state index < -0.39 is 12.1 Å². The van der Waals surface area contributed by atoms with E-state index >= 15 is 0 Å². The van der Waals surface area contributed by atoms with Gasteiger partial charge in [0.25, 0.3) is 0 Å². The zero-order valence-electron chi connectivity index (χ0n) is 14.6. The van der Waals surface area contributed by atoms with Crippen molar-refractivity contribution < 1.29 is 14.3 Å². The van der Waals surface area contributed by atoms with E-state index in [-0.39, 0.29) is 0 Å². The monoisotopic (exact) mass is 366 g/mol. The Hall–Kier alpha value is -2.78. The van der Waals surface area contributed by atoms with Crippen LogP contribution in [0.3, 0.4) is 0 Å². The van der Waals surface area contributed by atoms with Gasteiger partial charge in [0.05, 0.1) is 7.11 Å². The van der Waals surface area contributed by atoms with Gasteiger partial charge in [-0.25, -0.2) is 4.79 Å². The highest BCUT2D eigenvalue weighted by Crippen LogP contribution is 2.25. The van der Waals surface area contributed by atoms with E-state index in [9.17, 15) is 4.79 Å². The highest BCUT2D eigenvalue weighted by Gasteiger charge is 2.12. The average Bonchev–Trinajstić information content (AvgIpc) is 2.66. The van der Waals surface area contributed by atoms with E-state index in [0.29, 0.717) is 5.02 Å². The maximum absolute atomic E-state index is 12.1. The molecule has 0 aliphatic rings. The topological polar surface area (TPSA) is 35.5 Å². The lowest BCUT2D eigenvalue weighted by Gasteiger charge is -2.13. The summed E-state index contributed by atoms with van der Waals surface area (Å²) < 4.78 is 10.7. The third-order valence-electron chi connectivity index (χ3n) is 4.12. The third kappa shape index (κ3) is 4.24. The van der Waals surface area contributed by atoms with Gasteiger partial charge < -0.3 is 9.47 Å². The molecule has 0 saturated carbocycles. The lowest BCUT2D eigenvalue weighted by Crippen LogP contribution is -2.06. The van der Waals surface area contributed by atoms with Crippen LogP contribution in [0.25, 0.3) is 16.8 Å². The minimum absolute atomic E-state index is 0.410. The molecular weight excluding hydrogens is 348 g/mol. The van der Waals surface area contributed by atoms with Gasteiger partial charge in [-0.15, -0.1) is 0 Å². The van der Waals surface area contributed by atoms with E-state index in [1.165, 1.54) is 6.08 Å². The fraction of sp³-hybridized carbons (Fsp3) is 0.136. The molecule has 3 nitrogen and oxygen atoms in total. The molecule has 4 heteroatoms. The van der Waals surface area contributed by atoms with Crippen molar-refractivity contribution >= 4 is 34.4 Å². The average molecular weight is 367 g/mol. The normalized spacial score (nSPS) is 12.3. The molecule has 0 bridgehead atoms. The molecule has 0 aliphatic heterocycles. The number of halogens is 1. The first-order valence-corrected chi connectivity index (χ1v) is 8.65. The molecule has 0 amide bonds. The fourth-order valence-corrected chi connectivity index (χ4v) is 3.01. The number of fused-ring (bicyclic) bond motifs is 1. The molecule has 0 unspecified atom stereocenters. The van der Waals surface area contributed by atoms with Crippen LogP contribution in [0.2, 0.25) is 5.02 Å². The highest BCUT2D eigenvalue weighted by molar-refractivity contribution is 6.31. The predicted octanol–water partition coefficient (Wildman–Crippen LogP) is 5.82. The number of carbonyl (C=O) groups excluding carboxylic acids is 1. The number of ether oxygens (including phenoxy) is 2. The molecule has 3 rings (SSSR count). The van der Waals surface area contributed by atoms with Gasteiger partial charge in [0.2, 0.25) is 0 Å². The molecule has 0 fully saturated rings. The number of rotatable bonds is 5. The van der Waals surface area contributed by atoms with E-state index in [2.05, 4.69) is 0 Å². The smallest absolute Gasteiger partial charge is 0.331 e. The van der Waals surface area contributed by atoms with Gasteiger partial charge in [-0.2, -0.15) is 0 Å². The molecule has 0 saturated heterocycles. The fourth-order valence-electron chi connectivity index (χ4n) is 2.72. The Kier molecular flexibility index (Phi) is 5.59. The standard InChI is InChI=1S/C22H19ClO3/c1-15(20-5-3-4-6-21(20)23)26-22(24)12-8-16-7-9-18-14-19(25-2)11-10-17(18)13-16/h3-15H,1-2H3/b12-8+/t15-/m0/s1. The second-order valence-electron chi connectivity index (χ2n) is 5.91. The zero-order valence-corrected chi connectivity index (χ0v) is 15.4. The second kappa shape index (κ2) is 8.07. The van der Waals surface area contributed by atoms with E-state index in [4.69, 9.17) is 21.1 Å². The largest absolute Gasteiger partial charge is 0.497 e. The summed E-state index contributed by atoms with van der Waals surface area (Å²) in [6, 6.07) is 19.2. The summed E-state index contributed by atoms with van der Waals surface area (Å²) >= 11 is 6.13. The first-order chi connectivity index (χ1) is 12.6. The van der Waals surface area contributed by atoms with Crippen LogP contribution in [-0.2, 0) is 9.53 Å². The van der Waals surface area contributed by atoms with E-state index in [0.717, 1.165) is 27.6 Å². The number of hydrogen-bond acceptors (Lipinski definition) is 3. The molecule has 0 radical (unpaired) electrons. The van der Waals surface area contributed by atoms with Crippen LogP contribution in [0.1, 0.15) is 24.2 Å². The summed E-state index contributed by atoms with van der Waals surface area (Å²) in [5, 5.41) is 2.74. The van der Waals surface area contributed by atoms with Crippen molar-refractivity contribution in [3.8, 4) is 5.75 Å². The molecule has 0 heterocycles. The van der Waals surface area contributed by atoms with Gasteiger partial charge in [0.1, 0.15) is 11.9 Å². The molecule has 0 aliphatic carbocycles. The van der Waals surface area contributed by atoms with Crippen LogP contribution in [0.4, 0.5) is 0 Å². The van der Waals surface area contributed by atoms with Gasteiger partial charge in [-0.1, -0.05) is 48.0 Å². The van der Waals surface area contributed by atoms with Gasteiger partial charge in [-0.3, -0.25) is 0 Å². The van der Waals surface area contributed by atoms with Crippen molar-refractivity contribution in [2.24, 2.45) is 0 Å². The lowest BCUT2D eigenvalue weighted by atomic mass is 10.1. The quantitative estimate of drug-likeness (QED) is 0.421. The summed E-state index contributed by atoms with van der Waals surface area (Å²) in [4.78, 5) is 12.1. The highest BCUT2D eigenvalue weighted by atomic mass is 35.5. The van der Waals surface area contributed by atoms with Crippen molar-refractivity contribution in [2.45, 2.75) is 13.0 Å². The molecule has 3 aromatic rings. The van der Waals surface area contributed by atoms with E-state index in [1.54, 1.807) is 26.2 Å². The minimum Gasteiger partial charge on any atom is -0.497 e. The first kappa shape index (κ1) is 18.0. The van der Waals surface area contributed by atoms with Crippen molar-refractivity contribution in [3.05, 3.63) is 82.9 Å². The molecule has 26 heavy (non-hydrogen) atoms. The molecule has 132 valence electrons. The molecule has 0 aromatic heterocycles. The van der Waals surface area contributed by atoms with Crippen LogP contribution in [0.5, 0.6) is 5.75 Å². The molecule has 1 atom stereocenters. The summed E-state index contributed by atoms with van der Waals surface area (Å²) in [7, 11) is 1.65. The summed E-state index contributed by atoms with van der Waals surface area (Å²) in [5.74, 6) is 0.408. The van der Waals surface area contributed by atoms with Crippen LogP contribution in [0.15, 0.2) is 66.7 Å². The minimum atomic E-state index is -0.412. The van der Waals surface area contributed by atoms with Gasteiger partial charge in [0, 0.05) is 16.7 Å². The van der Waals surface area contributed by atoms with Crippen molar-refractivity contribution in [1.29, 1.82) is 0 Å². The van der Waals surface area contributed by atoms with Gasteiger partial charge in [0.15, 0.2) is 0 Å². The predicted molar refractivity (Wildman–Crippen MR) is 105 cm³/mol. The third-order valence-corrected chi connectivity index (χ3v) is 4.46. The van der Waals surface area contributed by atoms with Crippen molar-refractivity contribution in [2.75, 3.05) is 7.11 Å². The SMILES string of the molecule is COc1ccc2cc(/C=C/C(=O)O[C@@H](C)c3ccccc3Cl)ccc2c1. The summed E-state index contributed by atoms with van der Waals surface area (Å²) in [6.45, 7) is 1.80. The maximum atomic E-state index is 12.1. The molecule has 0 spiro atoms. The number of hydrogen-bond donors (Lipinski definition) is 0. The Bertz CT molecular complexity index is 963. The number of methoxy groups -OCH3 is 1. The zero-order chi connectivity index (χ0) is 18.5. The van der Waals surface area contributed by atoms with Crippen LogP contribution >= 0.6 is 11.6 Å². The Balaban J connectivity index is 1.70. The number of benzene rings is 3. The number of carbonyl (C=O) groups is 1. The van der Waals surface area contributed by atoms with Crippen molar-refractivity contribution in [3.63, 3.8) is 0 Å². The molecular formula is C22H19ClO3.